The number of carbonyl (C=O) groups is 1. The molecule has 1 aliphatic heterocycles. The lowest BCUT2D eigenvalue weighted by atomic mass is 9.79. The standard InChI is InChI=1S/C15H27NO2/c1-3-12-4-5-15(17)13(10-12)11-16(2)14-6-8-18-9-7-14/h12-14H,3-11H2,1-2H3. The lowest BCUT2D eigenvalue weighted by Crippen LogP contribution is -2.42. The second-order valence-corrected chi connectivity index (χ2v) is 6.00. The highest BCUT2D eigenvalue weighted by atomic mass is 16.5. The van der Waals surface area contributed by atoms with Gasteiger partial charge < -0.3 is 9.64 Å². The summed E-state index contributed by atoms with van der Waals surface area (Å²) in [5.41, 5.74) is 0. The zero-order valence-electron chi connectivity index (χ0n) is 11.9. The first-order chi connectivity index (χ1) is 8.70. The van der Waals surface area contributed by atoms with Crippen LogP contribution in [0.15, 0.2) is 0 Å². The molecule has 3 heteroatoms. The Hall–Kier alpha value is -0.410. The van der Waals surface area contributed by atoms with Gasteiger partial charge in [-0.1, -0.05) is 13.3 Å². The third-order valence-corrected chi connectivity index (χ3v) is 4.77. The van der Waals surface area contributed by atoms with Crippen molar-refractivity contribution in [1.29, 1.82) is 0 Å². The highest BCUT2D eigenvalue weighted by Gasteiger charge is 2.30. The van der Waals surface area contributed by atoms with E-state index < -0.39 is 0 Å². The van der Waals surface area contributed by atoms with E-state index in [2.05, 4.69) is 18.9 Å². The SMILES string of the molecule is CCC1CCC(=O)C(CN(C)C2CCOCC2)C1. The van der Waals surface area contributed by atoms with Crippen molar-refractivity contribution in [2.75, 3.05) is 26.8 Å². The smallest absolute Gasteiger partial charge is 0.137 e. The van der Waals surface area contributed by atoms with Gasteiger partial charge in [0.05, 0.1) is 0 Å². The average molecular weight is 253 g/mol. The minimum absolute atomic E-state index is 0.288. The molecule has 1 aliphatic carbocycles. The number of hydrogen-bond donors (Lipinski definition) is 0. The van der Waals surface area contributed by atoms with Crippen LogP contribution in [-0.4, -0.2) is 43.5 Å². The molecule has 0 bridgehead atoms. The molecule has 1 heterocycles. The maximum absolute atomic E-state index is 12.0. The number of hydrogen-bond acceptors (Lipinski definition) is 3. The zero-order valence-corrected chi connectivity index (χ0v) is 11.9. The Morgan fingerprint density at radius 1 is 1.28 bits per heavy atom. The van der Waals surface area contributed by atoms with E-state index in [0.717, 1.165) is 57.8 Å². The predicted octanol–water partition coefficient (Wildman–Crippen LogP) is 2.49. The first kappa shape index (κ1) is 14.0. The van der Waals surface area contributed by atoms with Gasteiger partial charge in [-0.2, -0.15) is 0 Å². The summed E-state index contributed by atoms with van der Waals surface area (Å²) in [5.74, 6) is 1.56. The maximum Gasteiger partial charge on any atom is 0.137 e. The Labute approximate surface area is 111 Å². The molecule has 0 aromatic heterocycles. The molecule has 0 N–H and O–H groups in total. The second kappa shape index (κ2) is 6.67. The van der Waals surface area contributed by atoms with Gasteiger partial charge in [0.15, 0.2) is 0 Å². The molecule has 1 saturated carbocycles. The summed E-state index contributed by atoms with van der Waals surface area (Å²) < 4.78 is 5.40. The van der Waals surface area contributed by atoms with Crippen LogP contribution < -0.4 is 0 Å². The van der Waals surface area contributed by atoms with Crippen LogP contribution in [0.5, 0.6) is 0 Å². The number of ketones is 1. The van der Waals surface area contributed by atoms with E-state index >= 15 is 0 Å². The molecular formula is C15H27NO2. The lowest BCUT2D eigenvalue weighted by Gasteiger charge is -2.35. The highest BCUT2D eigenvalue weighted by Crippen LogP contribution is 2.29. The second-order valence-electron chi connectivity index (χ2n) is 6.00. The van der Waals surface area contributed by atoms with Crippen LogP contribution >= 0.6 is 0 Å². The zero-order chi connectivity index (χ0) is 13.0. The summed E-state index contributed by atoms with van der Waals surface area (Å²) in [5, 5.41) is 0. The first-order valence-corrected chi connectivity index (χ1v) is 7.51. The molecule has 0 amide bonds. The molecule has 104 valence electrons. The van der Waals surface area contributed by atoms with Crippen LogP contribution in [-0.2, 0) is 9.53 Å². The molecule has 1 saturated heterocycles. The van der Waals surface area contributed by atoms with Gasteiger partial charge in [0.2, 0.25) is 0 Å². The van der Waals surface area contributed by atoms with E-state index in [1.807, 2.05) is 0 Å². The van der Waals surface area contributed by atoms with Crippen LogP contribution in [0.1, 0.15) is 45.4 Å². The van der Waals surface area contributed by atoms with Gasteiger partial charge in [0, 0.05) is 38.1 Å². The van der Waals surface area contributed by atoms with E-state index in [9.17, 15) is 4.79 Å². The molecule has 0 spiro atoms. The summed E-state index contributed by atoms with van der Waals surface area (Å²) in [6.45, 7) is 4.97. The predicted molar refractivity (Wildman–Crippen MR) is 72.6 cm³/mol. The van der Waals surface area contributed by atoms with E-state index in [1.54, 1.807) is 0 Å². The molecule has 0 aromatic carbocycles. The molecular weight excluding hydrogens is 226 g/mol. The van der Waals surface area contributed by atoms with Crippen molar-refractivity contribution in [3.05, 3.63) is 0 Å². The molecule has 18 heavy (non-hydrogen) atoms. The van der Waals surface area contributed by atoms with Crippen molar-refractivity contribution < 1.29 is 9.53 Å². The van der Waals surface area contributed by atoms with Gasteiger partial charge in [-0.05, 0) is 38.6 Å². The molecule has 3 nitrogen and oxygen atoms in total. The molecule has 2 unspecified atom stereocenters. The van der Waals surface area contributed by atoms with Crippen LogP contribution in [0.25, 0.3) is 0 Å². The van der Waals surface area contributed by atoms with Crippen molar-refractivity contribution in [2.24, 2.45) is 11.8 Å². The van der Waals surface area contributed by atoms with Crippen LogP contribution in [0, 0.1) is 11.8 Å². The van der Waals surface area contributed by atoms with E-state index in [0.29, 0.717) is 11.8 Å². The number of nitrogens with zero attached hydrogens (tertiary/aromatic N) is 1. The van der Waals surface area contributed by atoms with Crippen LogP contribution in [0.4, 0.5) is 0 Å². The maximum atomic E-state index is 12.0. The van der Waals surface area contributed by atoms with Gasteiger partial charge in [0.25, 0.3) is 0 Å². The van der Waals surface area contributed by atoms with Gasteiger partial charge in [0.1, 0.15) is 5.78 Å². The summed E-state index contributed by atoms with van der Waals surface area (Å²) in [4.78, 5) is 14.4. The fraction of sp³-hybridized carbons (Fsp3) is 0.933. The van der Waals surface area contributed by atoms with Gasteiger partial charge in [-0.15, -0.1) is 0 Å². The molecule has 2 fully saturated rings. The number of carbonyl (C=O) groups excluding carboxylic acids is 1. The summed E-state index contributed by atoms with van der Waals surface area (Å²) in [7, 11) is 2.18. The monoisotopic (exact) mass is 253 g/mol. The molecule has 2 rings (SSSR count). The van der Waals surface area contributed by atoms with E-state index in [4.69, 9.17) is 4.74 Å². The molecule has 2 aliphatic rings. The van der Waals surface area contributed by atoms with Gasteiger partial charge >= 0.3 is 0 Å². The van der Waals surface area contributed by atoms with Crippen molar-refractivity contribution in [3.63, 3.8) is 0 Å². The molecule has 0 radical (unpaired) electrons. The Morgan fingerprint density at radius 2 is 2.00 bits per heavy atom. The summed E-state index contributed by atoms with van der Waals surface area (Å²) in [6, 6.07) is 0.619. The minimum Gasteiger partial charge on any atom is -0.381 e. The van der Waals surface area contributed by atoms with Gasteiger partial charge in [-0.25, -0.2) is 0 Å². The van der Waals surface area contributed by atoms with Gasteiger partial charge in [-0.3, -0.25) is 4.79 Å². The molecule has 2 atom stereocenters. The molecule has 0 aromatic rings. The number of Topliss-reactive ketones (excluding diaryl/α,β-unsaturated/α-hetero) is 1. The summed E-state index contributed by atoms with van der Waals surface area (Å²) >= 11 is 0. The number of rotatable bonds is 4. The van der Waals surface area contributed by atoms with Crippen molar-refractivity contribution in [3.8, 4) is 0 Å². The quantitative estimate of drug-likeness (QED) is 0.771. The minimum atomic E-state index is 0.288. The van der Waals surface area contributed by atoms with E-state index in [1.165, 1.54) is 6.42 Å². The van der Waals surface area contributed by atoms with Crippen molar-refractivity contribution in [2.45, 2.75) is 51.5 Å². The van der Waals surface area contributed by atoms with Crippen molar-refractivity contribution in [1.82, 2.24) is 4.90 Å². The largest absolute Gasteiger partial charge is 0.381 e. The Balaban J connectivity index is 1.84. The van der Waals surface area contributed by atoms with Crippen LogP contribution in [0.2, 0.25) is 0 Å². The van der Waals surface area contributed by atoms with Crippen LogP contribution in [0.3, 0.4) is 0 Å². The van der Waals surface area contributed by atoms with Crippen molar-refractivity contribution >= 4 is 5.78 Å². The first-order valence-electron chi connectivity index (χ1n) is 7.51. The fourth-order valence-electron chi connectivity index (χ4n) is 3.37. The fourth-order valence-corrected chi connectivity index (χ4v) is 3.37. The third-order valence-electron chi connectivity index (χ3n) is 4.77. The highest BCUT2D eigenvalue weighted by molar-refractivity contribution is 5.81. The lowest BCUT2D eigenvalue weighted by molar-refractivity contribution is -0.126. The normalized spacial score (nSPS) is 30.9. The Kier molecular flexibility index (Phi) is 5.19. The van der Waals surface area contributed by atoms with E-state index in [-0.39, 0.29) is 5.92 Å². The Bertz CT molecular complexity index is 274. The number of ether oxygens (including phenoxy) is 1. The average Bonchev–Trinajstić information content (AvgIpc) is 2.42. The third kappa shape index (κ3) is 3.55. The Morgan fingerprint density at radius 3 is 2.67 bits per heavy atom. The topological polar surface area (TPSA) is 29.5 Å². The summed E-state index contributed by atoms with van der Waals surface area (Å²) in [6.07, 6.45) is 6.51.